The van der Waals surface area contributed by atoms with Gasteiger partial charge < -0.3 is 20.3 Å². The van der Waals surface area contributed by atoms with E-state index in [2.05, 4.69) is 32.7 Å². The maximum absolute atomic E-state index is 12.1. The fourth-order valence-corrected chi connectivity index (χ4v) is 3.13. The number of nitrogens with zero attached hydrogens (tertiary/aromatic N) is 2. The standard InChI is InChI=1S/C20H32N4O2/c1-6-21-19(22-13-18(25)23-20(2,3)4)24-12-11-16(14-24)15-7-9-17(26-5)10-8-15/h7-10,16H,6,11-14H2,1-5H3,(H,21,22)(H,23,25). The van der Waals surface area contributed by atoms with E-state index in [0.717, 1.165) is 37.8 Å². The van der Waals surface area contributed by atoms with Crippen molar-refractivity contribution in [2.45, 2.75) is 45.6 Å². The number of rotatable bonds is 5. The number of aliphatic imine (C=N–C) groups is 1. The second-order valence-corrected chi connectivity index (χ2v) is 7.67. The fraction of sp³-hybridized carbons (Fsp3) is 0.600. The van der Waals surface area contributed by atoms with Crippen molar-refractivity contribution in [2.24, 2.45) is 4.99 Å². The number of ether oxygens (including phenoxy) is 1. The van der Waals surface area contributed by atoms with Crippen molar-refractivity contribution in [3.63, 3.8) is 0 Å². The predicted octanol–water partition coefficient (Wildman–Crippen LogP) is 2.36. The lowest BCUT2D eigenvalue weighted by Crippen LogP contribution is -2.44. The Morgan fingerprint density at radius 3 is 2.58 bits per heavy atom. The summed E-state index contributed by atoms with van der Waals surface area (Å²) in [6.07, 6.45) is 1.07. The molecule has 1 unspecified atom stereocenters. The number of benzene rings is 1. The van der Waals surface area contributed by atoms with Crippen LogP contribution >= 0.6 is 0 Å². The Morgan fingerprint density at radius 2 is 2.00 bits per heavy atom. The number of hydrogen-bond donors (Lipinski definition) is 2. The molecule has 1 aromatic carbocycles. The number of carbonyl (C=O) groups is 1. The summed E-state index contributed by atoms with van der Waals surface area (Å²) in [7, 11) is 1.68. The Balaban J connectivity index is 1.99. The van der Waals surface area contributed by atoms with Crippen molar-refractivity contribution >= 4 is 11.9 Å². The smallest absolute Gasteiger partial charge is 0.242 e. The van der Waals surface area contributed by atoms with Crippen LogP contribution in [0.15, 0.2) is 29.3 Å². The van der Waals surface area contributed by atoms with Gasteiger partial charge in [0.15, 0.2) is 5.96 Å². The predicted molar refractivity (Wildman–Crippen MR) is 106 cm³/mol. The van der Waals surface area contributed by atoms with Gasteiger partial charge in [0.2, 0.25) is 5.91 Å². The summed E-state index contributed by atoms with van der Waals surface area (Å²) >= 11 is 0. The van der Waals surface area contributed by atoms with Crippen molar-refractivity contribution in [1.29, 1.82) is 0 Å². The lowest BCUT2D eigenvalue weighted by Gasteiger charge is -2.23. The largest absolute Gasteiger partial charge is 0.497 e. The average Bonchev–Trinajstić information content (AvgIpc) is 3.07. The van der Waals surface area contributed by atoms with E-state index in [9.17, 15) is 4.79 Å². The van der Waals surface area contributed by atoms with E-state index in [0.29, 0.717) is 5.92 Å². The third kappa shape index (κ3) is 5.93. The Hall–Kier alpha value is -2.24. The quantitative estimate of drug-likeness (QED) is 0.625. The molecule has 2 rings (SSSR count). The highest BCUT2D eigenvalue weighted by atomic mass is 16.5. The van der Waals surface area contributed by atoms with E-state index in [1.54, 1.807) is 7.11 Å². The molecule has 0 spiro atoms. The third-order valence-corrected chi connectivity index (χ3v) is 4.30. The molecule has 0 aromatic heterocycles. The zero-order valence-electron chi connectivity index (χ0n) is 16.6. The number of methoxy groups -OCH3 is 1. The van der Waals surface area contributed by atoms with Gasteiger partial charge in [-0.2, -0.15) is 0 Å². The molecule has 0 saturated carbocycles. The zero-order valence-corrected chi connectivity index (χ0v) is 16.6. The lowest BCUT2D eigenvalue weighted by molar-refractivity contribution is -0.121. The van der Waals surface area contributed by atoms with Gasteiger partial charge in [0.25, 0.3) is 0 Å². The molecule has 1 amide bonds. The summed E-state index contributed by atoms with van der Waals surface area (Å²) in [5.41, 5.74) is 1.08. The molecule has 1 aromatic rings. The van der Waals surface area contributed by atoms with Gasteiger partial charge in [0.05, 0.1) is 7.11 Å². The first kappa shape index (κ1) is 20.1. The average molecular weight is 361 g/mol. The molecule has 1 aliphatic heterocycles. The maximum Gasteiger partial charge on any atom is 0.242 e. The van der Waals surface area contributed by atoms with Crippen LogP contribution in [0, 0.1) is 0 Å². The highest BCUT2D eigenvalue weighted by Crippen LogP contribution is 2.28. The van der Waals surface area contributed by atoms with Crippen LogP contribution < -0.4 is 15.4 Å². The van der Waals surface area contributed by atoms with Crippen LogP contribution in [0.3, 0.4) is 0 Å². The van der Waals surface area contributed by atoms with Crippen LogP contribution in [-0.4, -0.2) is 55.6 Å². The minimum absolute atomic E-state index is 0.0567. The van der Waals surface area contributed by atoms with Crippen LogP contribution in [-0.2, 0) is 4.79 Å². The van der Waals surface area contributed by atoms with E-state index in [-0.39, 0.29) is 18.0 Å². The fourth-order valence-electron chi connectivity index (χ4n) is 3.13. The van der Waals surface area contributed by atoms with E-state index in [4.69, 9.17) is 4.74 Å². The molecule has 1 aliphatic rings. The molecule has 144 valence electrons. The Kier molecular flexibility index (Phi) is 6.89. The van der Waals surface area contributed by atoms with E-state index >= 15 is 0 Å². The molecule has 1 atom stereocenters. The highest BCUT2D eigenvalue weighted by molar-refractivity contribution is 5.85. The second-order valence-electron chi connectivity index (χ2n) is 7.67. The van der Waals surface area contributed by atoms with Gasteiger partial charge in [-0.15, -0.1) is 0 Å². The number of hydrogen-bond acceptors (Lipinski definition) is 3. The molecule has 0 aliphatic carbocycles. The van der Waals surface area contributed by atoms with Gasteiger partial charge in [0.1, 0.15) is 12.3 Å². The Morgan fingerprint density at radius 1 is 1.31 bits per heavy atom. The van der Waals surface area contributed by atoms with Gasteiger partial charge in [-0.05, 0) is 51.8 Å². The Bertz CT molecular complexity index is 620. The molecular formula is C20H32N4O2. The van der Waals surface area contributed by atoms with Crippen molar-refractivity contribution in [3.05, 3.63) is 29.8 Å². The minimum Gasteiger partial charge on any atom is -0.497 e. The van der Waals surface area contributed by atoms with Crippen molar-refractivity contribution < 1.29 is 9.53 Å². The third-order valence-electron chi connectivity index (χ3n) is 4.30. The van der Waals surface area contributed by atoms with Crippen LogP contribution in [0.25, 0.3) is 0 Å². The molecule has 0 bridgehead atoms. The van der Waals surface area contributed by atoms with Crippen molar-refractivity contribution in [2.75, 3.05) is 33.3 Å². The minimum atomic E-state index is -0.238. The summed E-state index contributed by atoms with van der Waals surface area (Å²) in [4.78, 5) is 18.8. The number of amides is 1. The summed E-state index contributed by atoms with van der Waals surface area (Å²) in [5.74, 6) is 2.10. The van der Waals surface area contributed by atoms with Gasteiger partial charge in [-0.25, -0.2) is 4.99 Å². The molecular weight excluding hydrogens is 328 g/mol. The molecule has 0 radical (unpaired) electrons. The first-order valence-electron chi connectivity index (χ1n) is 9.30. The molecule has 2 N–H and O–H groups in total. The number of likely N-dealkylation sites (tertiary alicyclic amines) is 1. The number of guanidine groups is 1. The Labute approximate surface area is 157 Å². The van der Waals surface area contributed by atoms with Gasteiger partial charge in [-0.3, -0.25) is 4.79 Å². The van der Waals surface area contributed by atoms with Gasteiger partial charge >= 0.3 is 0 Å². The lowest BCUT2D eigenvalue weighted by atomic mass is 9.98. The summed E-state index contributed by atoms with van der Waals surface area (Å²) in [6, 6.07) is 8.28. The van der Waals surface area contributed by atoms with E-state index in [1.807, 2.05) is 39.8 Å². The monoisotopic (exact) mass is 360 g/mol. The highest BCUT2D eigenvalue weighted by Gasteiger charge is 2.26. The summed E-state index contributed by atoms with van der Waals surface area (Å²) < 4.78 is 5.23. The number of carbonyl (C=O) groups excluding carboxylic acids is 1. The van der Waals surface area contributed by atoms with E-state index < -0.39 is 0 Å². The zero-order chi connectivity index (χ0) is 19.2. The van der Waals surface area contributed by atoms with E-state index in [1.165, 1.54) is 5.56 Å². The SMILES string of the molecule is CCNC(=NCC(=O)NC(C)(C)C)N1CCC(c2ccc(OC)cc2)C1. The van der Waals surface area contributed by atoms with Gasteiger partial charge in [-0.1, -0.05) is 12.1 Å². The van der Waals surface area contributed by atoms with Crippen LogP contribution in [0.2, 0.25) is 0 Å². The second kappa shape index (κ2) is 8.92. The molecule has 26 heavy (non-hydrogen) atoms. The first-order chi connectivity index (χ1) is 12.3. The first-order valence-corrected chi connectivity index (χ1v) is 9.30. The normalized spacial score (nSPS) is 18.0. The van der Waals surface area contributed by atoms with Crippen LogP contribution in [0.5, 0.6) is 5.75 Å². The molecule has 1 fully saturated rings. The molecule has 6 nitrogen and oxygen atoms in total. The molecule has 1 heterocycles. The molecule has 6 heteroatoms. The van der Waals surface area contributed by atoms with Crippen molar-refractivity contribution in [3.8, 4) is 5.75 Å². The van der Waals surface area contributed by atoms with Crippen LogP contribution in [0.1, 0.15) is 45.6 Å². The summed E-state index contributed by atoms with van der Waals surface area (Å²) in [6.45, 7) is 10.7. The van der Waals surface area contributed by atoms with Crippen molar-refractivity contribution in [1.82, 2.24) is 15.5 Å². The maximum atomic E-state index is 12.1. The summed E-state index contributed by atoms with van der Waals surface area (Å²) in [5, 5.41) is 6.26. The topological polar surface area (TPSA) is 66.0 Å². The number of nitrogens with one attached hydrogen (secondary N) is 2. The van der Waals surface area contributed by atoms with Crippen LogP contribution in [0.4, 0.5) is 0 Å². The van der Waals surface area contributed by atoms with Gasteiger partial charge in [0, 0.05) is 31.1 Å². The molecule has 1 saturated heterocycles.